The van der Waals surface area contributed by atoms with Gasteiger partial charge < -0.3 is 69.3 Å². The van der Waals surface area contributed by atoms with Crippen LogP contribution in [0.5, 0.6) is 11.5 Å². The maximum Gasteiger partial charge on any atom is 0.311 e. The van der Waals surface area contributed by atoms with Crippen molar-refractivity contribution < 1.29 is 88.7 Å². The lowest BCUT2D eigenvalue weighted by Crippen LogP contribution is -2.64. The normalized spacial score (nSPS) is 25.8. The largest absolute Gasteiger partial charge is 0.427 e. The van der Waals surface area contributed by atoms with Crippen LogP contribution >= 0.6 is 11.8 Å². The Labute approximate surface area is 368 Å². The second-order valence-corrected chi connectivity index (χ2v) is 15.2. The summed E-state index contributed by atoms with van der Waals surface area (Å²) < 4.78 is 32.2. The van der Waals surface area contributed by atoms with Gasteiger partial charge in [-0.2, -0.15) is 11.8 Å². The van der Waals surface area contributed by atoms with Crippen LogP contribution in [0.2, 0.25) is 0 Å². The first-order valence-corrected chi connectivity index (χ1v) is 20.6. The Morgan fingerprint density at radius 3 is 1.59 bits per heavy atom. The third-order valence-corrected chi connectivity index (χ3v) is 10.4. The van der Waals surface area contributed by atoms with E-state index in [1.165, 1.54) is 48.5 Å². The molecule has 4 rings (SSSR count). The van der Waals surface area contributed by atoms with Gasteiger partial charge in [0.2, 0.25) is 0 Å². The highest BCUT2D eigenvalue weighted by Gasteiger charge is 2.50. The number of unbranched alkanes of at least 4 members (excludes halogenated alkanes) is 3. The number of hydrogen-bond acceptors (Lipinski definition) is 21. The molecule has 0 aromatic heterocycles. The Balaban J connectivity index is 0.000000618. The molecule has 8 N–H and O–H groups in total. The van der Waals surface area contributed by atoms with Gasteiger partial charge in [-0.1, -0.05) is 21.3 Å². The highest BCUT2D eigenvalue weighted by molar-refractivity contribution is 7.99. The van der Waals surface area contributed by atoms with E-state index < -0.39 is 96.4 Å². The van der Waals surface area contributed by atoms with E-state index >= 15 is 0 Å². The molecule has 63 heavy (non-hydrogen) atoms. The maximum absolute atomic E-state index is 11.7. The number of nitrogens with zero attached hydrogens (tertiary/aromatic N) is 2. The summed E-state index contributed by atoms with van der Waals surface area (Å²) in [4.78, 5) is 43.5. The summed E-state index contributed by atoms with van der Waals surface area (Å²) in [7, 11) is 0. The van der Waals surface area contributed by atoms with Gasteiger partial charge in [0, 0.05) is 49.5 Å². The van der Waals surface area contributed by atoms with Crippen molar-refractivity contribution in [2.45, 2.75) is 134 Å². The molecule has 22 nitrogen and oxygen atoms in total. The lowest BCUT2D eigenvalue weighted by atomic mass is 9.97. The van der Waals surface area contributed by atoms with Crippen LogP contribution in [0.15, 0.2) is 48.5 Å². The number of nitro groups is 2. The molecule has 0 saturated carbocycles. The molecule has 11 atom stereocenters. The molecule has 358 valence electrons. The van der Waals surface area contributed by atoms with E-state index in [1.807, 2.05) is 0 Å². The highest BCUT2D eigenvalue weighted by Crippen LogP contribution is 2.30. The summed E-state index contributed by atoms with van der Waals surface area (Å²) in [6, 6.07) is 10.3. The SMILES string of the molecule is C.C.CC(O)CSCCCCCO[C@@H]1OC(CO)[C@@H](O)[C@H](O)C1O[C@@H]1OC(CO)[C@@H](O)[C@H](O)C1O.O=C(CCCCC(=O)Oc1ccc([N+](=O)[O-])cc1)Oc1ccc([N+](=O)[O-])cc1. The number of esters is 2. The van der Waals surface area contributed by atoms with Gasteiger partial charge in [0.05, 0.1) is 29.2 Å². The number of carbonyl (C=O) groups is 2. The Kier molecular flexibility index (Phi) is 26.7. The lowest BCUT2D eigenvalue weighted by molar-refractivity contribution is -0.385. The number of benzene rings is 2. The second kappa shape index (κ2) is 29.5. The number of carbonyl (C=O) groups excluding carboxylic acids is 2. The molecule has 2 aliphatic rings. The Morgan fingerprint density at radius 2 is 1.14 bits per heavy atom. The zero-order valence-electron chi connectivity index (χ0n) is 33.2. The molecule has 0 radical (unpaired) electrons. The van der Waals surface area contributed by atoms with Gasteiger partial charge in [-0.15, -0.1) is 0 Å². The summed E-state index contributed by atoms with van der Waals surface area (Å²) in [5.41, 5.74) is -0.210. The first-order chi connectivity index (χ1) is 29.1. The summed E-state index contributed by atoms with van der Waals surface area (Å²) in [6.07, 6.45) is -11.5. The molecule has 0 bridgehead atoms. The molecular weight excluding hydrogens is 861 g/mol. The monoisotopic (exact) mass is 922 g/mol. The number of hydrogen-bond donors (Lipinski definition) is 8. The van der Waals surface area contributed by atoms with Crippen molar-refractivity contribution in [1.82, 2.24) is 0 Å². The van der Waals surface area contributed by atoms with Crippen LogP contribution in [0.3, 0.4) is 0 Å². The van der Waals surface area contributed by atoms with E-state index in [0.717, 1.165) is 18.6 Å². The predicted molar refractivity (Wildman–Crippen MR) is 225 cm³/mol. The van der Waals surface area contributed by atoms with Crippen molar-refractivity contribution in [2.75, 3.05) is 31.3 Å². The zero-order valence-corrected chi connectivity index (χ0v) is 34.1. The first kappa shape index (κ1) is 57.1. The van der Waals surface area contributed by atoms with Crippen molar-refractivity contribution >= 4 is 35.1 Å². The molecule has 0 aliphatic carbocycles. The van der Waals surface area contributed by atoms with E-state index in [-0.39, 0.29) is 63.3 Å². The van der Waals surface area contributed by atoms with Crippen LogP contribution in [-0.4, -0.2) is 161 Å². The van der Waals surface area contributed by atoms with Crippen LogP contribution in [-0.2, 0) is 28.5 Å². The number of ether oxygens (including phenoxy) is 6. The second-order valence-electron chi connectivity index (χ2n) is 14.0. The Morgan fingerprint density at radius 1 is 0.683 bits per heavy atom. The fourth-order valence-corrected chi connectivity index (χ4v) is 6.70. The molecule has 2 saturated heterocycles. The number of nitro benzene ring substituents is 2. The highest BCUT2D eigenvalue weighted by atomic mass is 32.2. The van der Waals surface area contributed by atoms with Crippen LogP contribution < -0.4 is 9.47 Å². The number of aliphatic hydroxyl groups is 8. The number of non-ortho nitro benzene ring substituents is 2. The van der Waals surface area contributed by atoms with Crippen molar-refractivity contribution in [2.24, 2.45) is 0 Å². The molecule has 0 spiro atoms. The predicted octanol–water partition coefficient (Wildman–Crippen LogP) is 1.76. The number of thioether (sulfide) groups is 1. The summed E-state index contributed by atoms with van der Waals surface area (Å²) in [5.74, 6) is 0.939. The quantitative estimate of drug-likeness (QED) is 0.0274. The van der Waals surface area contributed by atoms with Crippen molar-refractivity contribution in [3.05, 3.63) is 68.8 Å². The van der Waals surface area contributed by atoms with Gasteiger partial charge >= 0.3 is 11.9 Å². The van der Waals surface area contributed by atoms with Gasteiger partial charge in [0.25, 0.3) is 11.4 Å². The summed E-state index contributed by atoms with van der Waals surface area (Å²) >= 11 is 1.66. The topological polar surface area (TPSA) is 338 Å². The van der Waals surface area contributed by atoms with E-state index in [1.54, 1.807) is 18.7 Å². The van der Waals surface area contributed by atoms with E-state index in [2.05, 4.69) is 0 Å². The van der Waals surface area contributed by atoms with E-state index in [0.29, 0.717) is 25.0 Å². The third-order valence-electron chi connectivity index (χ3n) is 9.11. The van der Waals surface area contributed by atoms with Crippen molar-refractivity contribution in [3.8, 4) is 11.5 Å². The summed E-state index contributed by atoms with van der Waals surface area (Å²) in [5, 5.41) is 100.0. The molecular formula is C40H62N2O20S. The van der Waals surface area contributed by atoms with Crippen molar-refractivity contribution in [1.29, 1.82) is 0 Å². The molecule has 2 aromatic rings. The minimum Gasteiger partial charge on any atom is -0.427 e. The Bertz CT molecular complexity index is 1560. The van der Waals surface area contributed by atoms with Gasteiger partial charge in [-0.25, -0.2) is 0 Å². The van der Waals surface area contributed by atoms with Gasteiger partial charge in [0.15, 0.2) is 12.6 Å². The average Bonchev–Trinajstić information content (AvgIpc) is 3.23. The van der Waals surface area contributed by atoms with Gasteiger partial charge in [0.1, 0.15) is 60.3 Å². The minimum atomic E-state index is -1.71. The summed E-state index contributed by atoms with van der Waals surface area (Å²) in [6.45, 7) is 0.727. The Hall–Kier alpha value is -3.95. The van der Waals surface area contributed by atoms with Crippen molar-refractivity contribution in [3.63, 3.8) is 0 Å². The van der Waals surface area contributed by atoms with Gasteiger partial charge in [-0.3, -0.25) is 29.8 Å². The number of rotatable bonds is 22. The average molecular weight is 923 g/mol. The molecule has 23 heteroatoms. The van der Waals surface area contributed by atoms with Crippen LogP contribution in [0.1, 0.15) is 66.7 Å². The molecule has 2 aromatic carbocycles. The molecule has 5 unspecified atom stereocenters. The van der Waals surface area contributed by atoms with E-state index in [9.17, 15) is 70.7 Å². The third kappa shape index (κ3) is 19.0. The fraction of sp³-hybridized carbons (Fsp3) is 0.650. The van der Waals surface area contributed by atoms with Crippen LogP contribution in [0, 0.1) is 20.2 Å². The smallest absolute Gasteiger partial charge is 0.311 e. The standard InChI is InChI=1S/C20H38O12S.C18H16N2O8.2CH4/c1-10(23)9-33-6-4-2-3-5-29-20-18(16(27)14(25)12(8-22)31-20)32-19-17(28)15(26)13(24)11(7-21)30-19;21-17(27-15-9-5-13(6-10-15)19(23)24)3-1-2-4-18(22)28-16-11-7-14(8-12-16)20(25)26;;/h10-28H,2-9H2,1H3;5-12H,1-4H2;2*1H4/t10?,11?,12?,13-,14-,15+,16+,17?,18?,19+,20-;;;/m1.../s1. The van der Waals surface area contributed by atoms with Gasteiger partial charge in [-0.05, 0) is 62.6 Å². The van der Waals surface area contributed by atoms with Crippen LogP contribution in [0.4, 0.5) is 11.4 Å². The van der Waals surface area contributed by atoms with E-state index in [4.69, 9.17) is 28.4 Å². The van der Waals surface area contributed by atoms with Crippen LogP contribution in [0.25, 0.3) is 0 Å². The number of aliphatic hydroxyl groups excluding tert-OH is 8. The minimum absolute atomic E-state index is 0. The molecule has 2 fully saturated rings. The lowest BCUT2D eigenvalue weighted by Gasteiger charge is -2.45. The molecule has 2 aliphatic heterocycles. The fourth-order valence-electron chi connectivity index (χ4n) is 5.78. The molecule has 2 heterocycles. The zero-order chi connectivity index (χ0) is 45.1. The maximum atomic E-state index is 11.7. The first-order valence-electron chi connectivity index (χ1n) is 19.4. The molecule has 0 amide bonds.